The maximum atomic E-state index is 12.4. The Morgan fingerprint density at radius 1 is 0.833 bits per heavy atom. The first-order valence-electron chi connectivity index (χ1n) is 10.6. The van der Waals surface area contributed by atoms with Crippen LogP contribution in [0.2, 0.25) is 0 Å². The average molecular weight is 405 g/mol. The van der Waals surface area contributed by atoms with Crippen molar-refractivity contribution < 1.29 is 14.4 Å². The number of carbonyl (C=O) groups excluding carboxylic acids is 3. The zero-order chi connectivity index (χ0) is 20.9. The number of hydrogen-bond acceptors (Lipinski definition) is 4. The number of piperidine rings is 1. The van der Waals surface area contributed by atoms with Gasteiger partial charge in [-0.3, -0.25) is 24.2 Å². The van der Waals surface area contributed by atoms with Crippen LogP contribution >= 0.6 is 0 Å². The van der Waals surface area contributed by atoms with E-state index in [1.54, 1.807) is 24.3 Å². The monoisotopic (exact) mass is 405 g/mol. The quantitative estimate of drug-likeness (QED) is 0.719. The van der Waals surface area contributed by atoms with E-state index < -0.39 is 0 Å². The van der Waals surface area contributed by atoms with E-state index in [1.165, 1.54) is 24.8 Å². The lowest BCUT2D eigenvalue weighted by molar-refractivity contribution is -0.121. The molecule has 2 aromatic rings. The minimum atomic E-state index is -0.324. The van der Waals surface area contributed by atoms with Crippen molar-refractivity contribution in [3.05, 3.63) is 70.8 Å². The lowest BCUT2D eigenvalue weighted by Gasteiger charge is -2.27. The summed E-state index contributed by atoms with van der Waals surface area (Å²) in [6, 6.07) is 15.0. The van der Waals surface area contributed by atoms with Gasteiger partial charge in [0, 0.05) is 26.1 Å². The molecule has 0 aromatic heterocycles. The minimum absolute atomic E-state index is 0.0909. The Labute approximate surface area is 176 Å². The van der Waals surface area contributed by atoms with E-state index in [-0.39, 0.29) is 30.7 Å². The van der Waals surface area contributed by atoms with Crippen LogP contribution in [0.4, 0.5) is 0 Å². The van der Waals surface area contributed by atoms with E-state index in [0.717, 1.165) is 30.1 Å². The van der Waals surface area contributed by atoms with Crippen LogP contribution in [0.3, 0.4) is 0 Å². The molecule has 0 saturated carbocycles. The number of nitrogens with one attached hydrogen (secondary N) is 1. The first-order valence-corrected chi connectivity index (χ1v) is 10.6. The standard InChI is InChI=1S/C24H27N3O3/c28-22(12-15-27-23(29)20-10-4-5-11-21(20)24(27)30)25-16-18-8-2-3-9-19(18)17-26-13-6-1-7-14-26/h2-5,8-11H,1,6-7,12-17H2,(H,25,28). The van der Waals surface area contributed by atoms with Crippen LogP contribution in [0, 0.1) is 0 Å². The summed E-state index contributed by atoms with van der Waals surface area (Å²) in [6.07, 6.45) is 3.90. The van der Waals surface area contributed by atoms with Crippen LogP contribution in [-0.2, 0) is 17.9 Å². The van der Waals surface area contributed by atoms with Crippen LogP contribution < -0.4 is 5.32 Å². The van der Waals surface area contributed by atoms with Crippen LogP contribution in [-0.4, -0.2) is 47.2 Å². The third-order valence-corrected chi connectivity index (χ3v) is 5.88. The zero-order valence-corrected chi connectivity index (χ0v) is 17.1. The molecule has 6 heteroatoms. The number of nitrogens with zero attached hydrogens (tertiary/aromatic N) is 2. The molecule has 6 nitrogen and oxygen atoms in total. The fraction of sp³-hybridized carbons (Fsp3) is 0.375. The van der Waals surface area contributed by atoms with Gasteiger partial charge in [-0.05, 0) is 49.2 Å². The number of fused-ring (bicyclic) bond motifs is 1. The van der Waals surface area contributed by atoms with Crippen molar-refractivity contribution in [3.63, 3.8) is 0 Å². The number of imide groups is 1. The molecule has 3 amide bonds. The number of hydrogen-bond donors (Lipinski definition) is 1. The highest BCUT2D eigenvalue weighted by atomic mass is 16.2. The summed E-state index contributed by atoms with van der Waals surface area (Å²) in [5, 5.41) is 2.94. The number of carbonyl (C=O) groups is 3. The fourth-order valence-electron chi connectivity index (χ4n) is 4.18. The molecule has 4 rings (SSSR count). The third-order valence-electron chi connectivity index (χ3n) is 5.88. The lowest BCUT2D eigenvalue weighted by Crippen LogP contribution is -2.34. The molecule has 0 radical (unpaired) electrons. The number of amides is 3. The first-order chi connectivity index (χ1) is 14.6. The molecule has 1 fully saturated rings. The van der Waals surface area contributed by atoms with Gasteiger partial charge in [0.25, 0.3) is 11.8 Å². The summed E-state index contributed by atoms with van der Waals surface area (Å²) in [5.74, 6) is -0.815. The summed E-state index contributed by atoms with van der Waals surface area (Å²) in [5.41, 5.74) is 3.17. The summed E-state index contributed by atoms with van der Waals surface area (Å²) in [4.78, 5) is 40.8. The van der Waals surface area contributed by atoms with Crippen molar-refractivity contribution in [1.82, 2.24) is 15.1 Å². The highest BCUT2D eigenvalue weighted by Crippen LogP contribution is 2.22. The smallest absolute Gasteiger partial charge is 0.261 e. The Morgan fingerprint density at radius 3 is 2.10 bits per heavy atom. The average Bonchev–Trinajstić information content (AvgIpc) is 3.02. The second-order valence-electron chi connectivity index (χ2n) is 7.94. The molecule has 0 spiro atoms. The Hall–Kier alpha value is -2.99. The van der Waals surface area contributed by atoms with Gasteiger partial charge in [0.2, 0.25) is 5.91 Å². The van der Waals surface area contributed by atoms with Crippen LogP contribution in [0.5, 0.6) is 0 Å². The largest absolute Gasteiger partial charge is 0.352 e. The molecule has 2 aliphatic rings. The second kappa shape index (κ2) is 9.22. The molecule has 0 unspecified atom stereocenters. The number of likely N-dealkylation sites (tertiary alicyclic amines) is 1. The molecule has 0 aliphatic carbocycles. The highest BCUT2D eigenvalue weighted by Gasteiger charge is 2.34. The van der Waals surface area contributed by atoms with E-state index >= 15 is 0 Å². The van der Waals surface area contributed by atoms with Gasteiger partial charge in [0.05, 0.1) is 11.1 Å². The van der Waals surface area contributed by atoms with Crippen LogP contribution in [0.25, 0.3) is 0 Å². The van der Waals surface area contributed by atoms with E-state index in [9.17, 15) is 14.4 Å². The lowest BCUT2D eigenvalue weighted by atomic mass is 10.0. The van der Waals surface area contributed by atoms with Gasteiger partial charge in [0.15, 0.2) is 0 Å². The van der Waals surface area contributed by atoms with Gasteiger partial charge in [-0.25, -0.2) is 0 Å². The Morgan fingerprint density at radius 2 is 1.43 bits per heavy atom. The molecule has 156 valence electrons. The van der Waals surface area contributed by atoms with E-state index in [4.69, 9.17) is 0 Å². The molecule has 2 aromatic carbocycles. The van der Waals surface area contributed by atoms with Crippen molar-refractivity contribution in [2.45, 2.75) is 38.8 Å². The third kappa shape index (κ3) is 4.44. The molecule has 30 heavy (non-hydrogen) atoms. The molecule has 0 bridgehead atoms. The van der Waals surface area contributed by atoms with Gasteiger partial charge < -0.3 is 5.32 Å². The summed E-state index contributed by atoms with van der Waals surface area (Å²) >= 11 is 0. The number of benzene rings is 2. The molecule has 1 saturated heterocycles. The summed E-state index contributed by atoms with van der Waals surface area (Å²) in [7, 11) is 0. The van der Waals surface area contributed by atoms with Gasteiger partial charge in [-0.1, -0.05) is 42.8 Å². The molecule has 2 aliphatic heterocycles. The predicted octanol–water partition coefficient (Wildman–Crippen LogP) is 2.98. The van der Waals surface area contributed by atoms with Crippen molar-refractivity contribution in [3.8, 4) is 0 Å². The van der Waals surface area contributed by atoms with E-state index in [1.807, 2.05) is 18.2 Å². The molecule has 1 N–H and O–H groups in total. The Bertz CT molecular complexity index is 915. The zero-order valence-electron chi connectivity index (χ0n) is 17.1. The first kappa shape index (κ1) is 20.3. The highest BCUT2D eigenvalue weighted by molar-refractivity contribution is 6.21. The Kier molecular flexibility index (Phi) is 6.23. The molecule has 0 atom stereocenters. The maximum absolute atomic E-state index is 12.4. The Balaban J connectivity index is 1.30. The van der Waals surface area contributed by atoms with Crippen molar-refractivity contribution in [2.24, 2.45) is 0 Å². The normalized spacial score (nSPS) is 16.6. The predicted molar refractivity (Wildman–Crippen MR) is 114 cm³/mol. The van der Waals surface area contributed by atoms with Crippen LogP contribution in [0.1, 0.15) is 57.5 Å². The summed E-state index contributed by atoms with van der Waals surface area (Å²) in [6.45, 7) is 3.70. The number of rotatable bonds is 7. The second-order valence-corrected chi connectivity index (χ2v) is 7.94. The van der Waals surface area contributed by atoms with E-state index in [2.05, 4.69) is 16.3 Å². The van der Waals surface area contributed by atoms with Gasteiger partial charge in [-0.2, -0.15) is 0 Å². The maximum Gasteiger partial charge on any atom is 0.261 e. The van der Waals surface area contributed by atoms with Crippen LogP contribution in [0.15, 0.2) is 48.5 Å². The summed E-state index contributed by atoms with van der Waals surface area (Å²) < 4.78 is 0. The molecular formula is C24H27N3O3. The fourth-order valence-corrected chi connectivity index (χ4v) is 4.18. The minimum Gasteiger partial charge on any atom is -0.352 e. The molecular weight excluding hydrogens is 378 g/mol. The topological polar surface area (TPSA) is 69.7 Å². The van der Waals surface area contributed by atoms with Crippen molar-refractivity contribution >= 4 is 17.7 Å². The molecule has 2 heterocycles. The van der Waals surface area contributed by atoms with Crippen molar-refractivity contribution in [1.29, 1.82) is 0 Å². The van der Waals surface area contributed by atoms with E-state index in [0.29, 0.717) is 17.7 Å². The van der Waals surface area contributed by atoms with Gasteiger partial charge >= 0.3 is 0 Å². The van der Waals surface area contributed by atoms with Gasteiger partial charge in [-0.15, -0.1) is 0 Å². The van der Waals surface area contributed by atoms with Gasteiger partial charge in [0.1, 0.15) is 0 Å². The SMILES string of the molecule is O=C(CCN1C(=O)c2ccccc2C1=O)NCc1ccccc1CN1CCCCC1. The van der Waals surface area contributed by atoms with Crippen molar-refractivity contribution in [2.75, 3.05) is 19.6 Å².